The Labute approximate surface area is 265 Å². The van der Waals surface area contributed by atoms with Crippen molar-refractivity contribution in [1.29, 1.82) is 0 Å². The van der Waals surface area contributed by atoms with Crippen molar-refractivity contribution in [2.45, 2.75) is 50.8 Å². The standard InChI is InChI=1S/C30H39N7O9/c1-19(27(41)36-13-7-10-23(36)29(43)33(2)3)46-24-18-22(32-37(24)20-8-5-4-6-9-20)26(40)31-21(11-12-25(38)39)28(42)34-14-16-35(17-15-34)30(44)45/h4-6,8-9,18-19,21,23H,7,10-17H2,1-3H3,(H,31,40)(H,38,39)(H,44,45)/t19?,21-,23-/m0/s1. The van der Waals surface area contributed by atoms with E-state index in [0.29, 0.717) is 25.1 Å². The maximum Gasteiger partial charge on any atom is 0.407 e. The maximum absolute atomic E-state index is 13.5. The van der Waals surface area contributed by atoms with Crippen molar-refractivity contribution in [3.63, 3.8) is 0 Å². The summed E-state index contributed by atoms with van der Waals surface area (Å²) in [5, 5.41) is 25.4. The Morgan fingerprint density at radius 1 is 0.978 bits per heavy atom. The van der Waals surface area contributed by atoms with Gasteiger partial charge in [0.05, 0.1) is 5.69 Å². The van der Waals surface area contributed by atoms with E-state index < -0.39 is 54.4 Å². The maximum atomic E-state index is 13.5. The molecule has 2 aliphatic rings. The molecule has 46 heavy (non-hydrogen) atoms. The SMILES string of the molecule is CC(Oc1cc(C(=O)N[C@@H](CCC(=O)O)C(=O)N2CCN(C(=O)O)CC2)nn1-c1ccccc1)C(=O)N1CCC[C@H]1C(=O)N(C)C. The number of carbonyl (C=O) groups excluding carboxylic acids is 4. The van der Waals surface area contributed by atoms with Gasteiger partial charge in [-0.25, -0.2) is 9.48 Å². The van der Waals surface area contributed by atoms with Gasteiger partial charge in [-0.2, -0.15) is 5.10 Å². The number of aromatic nitrogens is 2. The smallest absolute Gasteiger partial charge is 0.407 e. The Morgan fingerprint density at radius 3 is 2.24 bits per heavy atom. The fraction of sp³-hybridized carbons (Fsp3) is 0.500. The first-order valence-corrected chi connectivity index (χ1v) is 15.0. The zero-order valence-corrected chi connectivity index (χ0v) is 26.0. The largest absolute Gasteiger partial charge is 0.481 e. The number of carboxylic acid groups (broad SMARTS) is 2. The van der Waals surface area contributed by atoms with Crippen LogP contribution in [0.2, 0.25) is 0 Å². The van der Waals surface area contributed by atoms with Gasteiger partial charge in [-0.05, 0) is 38.3 Å². The predicted octanol–water partition coefficient (Wildman–Crippen LogP) is 0.504. The molecule has 2 saturated heterocycles. The van der Waals surface area contributed by atoms with Gasteiger partial charge >= 0.3 is 12.1 Å². The van der Waals surface area contributed by atoms with E-state index in [2.05, 4.69) is 10.4 Å². The van der Waals surface area contributed by atoms with Crippen molar-refractivity contribution in [2.24, 2.45) is 0 Å². The first-order valence-electron chi connectivity index (χ1n) is 15.0. The second-order valence-corrected chi connectivity index (χ2v) is 11.4. The lowest BCUT2D eigenvalue weighted by molar-refractivity contribution is -0.146. The number of benzene rings is 1. The molecule has 1 unspecified atom stereocenters. The summed E-state index contributed by atoms with van der Waals surface area (Å²) in [6.45, 7) is 2.30. The van der Waals surface area contributed by atoms with Crippen LogP contribution in [0.5, 0.6) is 5.88 Å². The molecule has 16 heteroatoms. The molecule has 1 aromatic heterocycles. The van der Waals surface area contributed by atoms with Crippen LogP contribution < -0.4 is 10.1 Å². The minimum absolute atomic E-state index is 0.0603. The highest BCUT2D eigenvalue weighted by Crippen LogP contribution is 2.24. The number of para-hydroxylation sites is 1. The van der Waals surface area contributed by atoms with E-state index in [1.165, 1.54) is 30.3 Å². The number of hydrogen-bond acceptors (Lipinski definition) is 8. The normalized spacial score (nSPS) is 17.6. The van der Waals surface area contributed by atoms with Crippen LogP contribution in [-0.2, 0) is 19.2 Å². The number of likely N-dealkylation sites (tertiary alicyclic amines) is 1. The van der Waals surface area contributed by atoms with E-state index >= 15 is 0 Å². The van der Waals surface area contributed by atoms with E-state index in [1.807, 2.05) is 0 Å². The van der Waals surface area contributed by atoms with Crippen LogP contribution in [0.3, 0.4) is 0 Å². The Balaban J connectivity index is 1.55. The van der Waals surface area contributed by atoms with Crippen molar-refractivity contribution in [1.82, 2.24) is 34.7 Å². The van der Waals surface area contributed by atoms with E-state index in [1.54, 1.807) is 51.4 Å². The van der Waals surface area contributed by atoms with Gasteiger partial charge in [0, 0.05) is 59.3 Å². The van der Waals surface area contributed by atoms with Crippen LogP contribution in [0, 0.1) is 0 Å². The molecule has 1 aromatic carbocycles. The number of amides is 5. The number of carbonyl (C=O) groups is 6. The molecule has 0 spiro atoms. The van der Waals surface area contributed by atoms with Crippen molar-refractivity contribution >= 4 is 35.7 Å². The van der Waals surface area contributed by atoms with Crippen LogP contribution >= 0.6 is 0 Å². The van der Waals surface area contributed by atoms with E-state index in [0.717, 1.165) is 0 Å². The van der Waals surface area contributed by atoms with Gasteiger partial charge in [-0.15, -0.1) is 0 Å². The molecule has 0 radical (unpaired) electrons. The first-order chi connectivity index (χ1) is 21.9. The Hall–Kier alpha value is -5.15. The number of piperazine rings is 1. The summed E-state index contributed by atoms with van der Waals surface area (Å²) in [6, 6.07) is 8.24. The zero-order chi connectivity index (χ0) is 33.5. The van der Waals surface area contributed by atoms with E-state index in [4.69, 9.17) is 4.74 Å². The number of aliphatic carboxylic acids is 1. The monoisotopic (exact) mass is 641 g/mol. The summed E-state index contributed by atoms with van der Waals surface area (Å²) in [5.41, 5.74) is 0.372. The number of nitrogens with zero attached hydrogens (tertiary/aromatic N) is 6. The molecule has 2 aliphatic heterocycles. The second kappa shape index (κ2) is 14.8. The van der Waals surface area contributed by atoms with Crippen LogP contribution in [0.25, 0.3) is 5.69 Å². The Bertz CT molecular complexity index is 1450. The van der Waals surface area contributed by atoms with Crippen molar-refractivity contribution in [2.75, 3.05) is 46.8 Å². The number of nitrogens with one attached hydrogen (secondary N) is 1. The summed E-state index contributed by atoms with van der Waals surface area (Å²) in [4.78, 5) is 81.0. The van der Waals surface area contributed by atoms with E-state index in [-0.39, 0.29) is 50.1 Å². The molecule has 4 rings (SSSR count). The molecule has 2 fully saturated rings. The summed E-state index contributed by atoms with van der Waals surface area (Å²) in [7, 11) is 3.26. The summed E-state index contributed by atoms with van der Waals surface area (Å²) in [6.07, 6.45) is -1.53. The molecule has 5 amide bonds. The highest BCUT2D eigenvalue weighted by atomic mass is 16.5. The minimum atomic E-state index is -1.21. The molecule has 3 heterocycles. The molecule has 0 saturated carbocycles. The molecule has 16 nitrogen and oxygen atoms in total. The summed E-state index contributed by atoms with van der Waals surface area (Å²) >= 11 is 0. The molecule has 0 bridgehead atoms. The van der Waals surface area contributed by atoms with Crippen LogP contribution in [0.1, 0.15) is 43.1 Å². The second-order valence-electron chi connectivity index (χ2n) is 11.4. The van der Waals surface area contributed by atoms with Gasteiger partial charge in [0.15, 0.2) is 11.8 Å². The van der Waals surface area contributed by atoms with Gasteiger partial charge < -0.3 is 39.9 Å². The third kappa shape index (κ3) is 7.92. The third-order valence-electron chi connectivity index (χ3n) is 7.93. The molecule has 0 aliphatic carbocycles. The number of hydrogen-bond donors (Lipinski definition) is 3. The average molecular weight is 642 g/mol. The lowest BCUT2D eigenvalue weighted by atomic mass is 10.1. The number of ether oxygens (including phenoxy) is 1. The summed E-state index contributed by atoms with van der Waals surface area (Å²) in [5.74, 6) is -2.98. The van der Waals surface area contributed by atoms with Crippen molar-refractivity contribution in [3.8, 4) is 11.6 Å². The lowest BCUT2D eigenvalue weighted by Gasteiger charge is -2.35. The summed E-state index contributed by atoms with van der Waals surface area (Å²) < 4.78 is 7.39. The van der Waals surface area contributed by atoms with Crippen molar-refractivity contribution in [3.05, 3.63) is 42.1 Å². The van der Waals surface area contributed by atoms with Gasteiger partial charge in [-0.3, -0.25) is 24.0 Å². The predicted molar refractivity (Wildman–Crippen MR) is 161 cm³/mol. The fourth-order valence-corrected chi connectivity index (χ4v) is 5.46. The molecule has 2 aromatic rings. The van der Waals surface area contributed by atoms with Crippen LogP contribution in [-0.4, -0.2) is 140 Å². The molecular formula is C30H39N7O9. The molecule has 3 atom stereocenters. The first kappa shape index (κ1) is 33.7. The van der Waals surface area contributed by atoms with Gasteiger partial charge in [0.1, 0.15) is 12.1 Å². The molecular weight excluding hydrogens is 602 g/mol. The molecule has 3 N–H and O–H groups in total. The van der Waals surface area contributed by atoms with Gasteiger partial charge in [-0.1, -0.05) is 18.2 Å². The highest BCUT2D eigenvalue weighted by molar-refractivity contribution is 5.96. The third-order valence-corrected chi connectivity index (χ3v) is 7.93. The highest BCUT2D eigenvalue weighted by Gasteiger charge is 2.38. The number of carboxylic acids is 1. The van der Waals surface area contributed by atoms with Crippen LogP contribution in [0.15, 0.2) is 36.4 Å². The van der Waals surface area contributed by atoms with Crippen LogP contribution in [0.4, 0.5) is 4.79 Å². The van der Waals surface area contributed by atoms with Gasteiger partial charge in [0.25, 0.3) is 11.8 Å². The number of rotatable bonds is 11. The quantitative estimate of drug-likeness (QED) is 0.311. The number of likely N-dealkylation sites (N-methyl/N-ethyl adjacent to an activating group) is 1. The topological polar surface area (TPSA) is 195 Å². The lowest BCUT2D eigenvalue weighted by Crippen LogP contribution is -2.55. The molecule has 248 valence electrons. The van der Waals surface area contributed by atoms with E-state index in [9.17, 15) is 39.0 Å². The Kier molecular flexibility index (Phi) is 10.8. The minimum Gasteiger partial charge on any atom is -0.481 e. The van der Waals surface area contributed by atoms with Gasteiger partial charge in [0.2, 0.25) is 17.7 Å². The fourth-order valence-electron chi connectivity index (χ4n) is 5.46. The average Bonchev–Trinajstić information content (AvgIpc) is 3.70. The zero-order valence-electron chi connectivity index (χ0n) is 26.0. The van der Waals surface area contributed by atoms with Crippen molar-refractivity contribution < 1.29 is 43.7 Å². The Morgan fingerprint density at radius 2 is 1.63 bits per heavy atom.